The lowest BCUT2D eigenvalue weighted by atomic mass is 10.0. The molecule has 0 bridgehead atoms. The van der Waals surface area contributed by atoms with E-state index in [9.17, 15) is 14.9 Å². The molecule has 0 unspecified atom stereocenters. The first-order chi connectivity index (χ1) is 12.6. The summed E-state index contributed by atoms with van der Waals surface area (Å²) in [5.74, 6) is -0.265. The Hall–Kier alpha value is -2.74. The smallest absolute Gasteiger partial charge is 0.294 e. The van der Waals surface area contributed by atoms with Gasteiger partial charge >= 0.3 is 0 Å². The molecule has 0 saturated carbocycles. The molecule has 2 aromatic rings. The molecule has 1 amide bonds. The third kappa shape index (κ3) is 4.08. The van der Waals surface area contributed by atoms with Crippen molar-refractivity contribution in [3.05, 3.63) is 52.6 Å². The number of likely N-dealkylation sites (tertiary alicyclic amines) is 1. The summed E-state index contributed by atoms with van der Waals surface area (Å²) in [6.45, 7) is 5.19. The van der Waals surface area contributed by atoms with E-state index in [1.807, 2.05) is 0 Å². The maximum absolute atomic E-state index is 12.5. The van der Waals surface area contributed by atoms with Crippen molar-refractivity contribution in [2.75, 3.05) is 19.6 Å². The minimum Gasteiger partial charge on any atom is -0.349 e. The summed E-state index contributed by atoms with van der Waals surface area (Å²) < 4.78 is 1.56. The van der Waals surface area contributed by atoms with Crippen LogP contribution < -0.4 is 5.32 Å². The van der Waals surface area contributed by atoms with E-state index in [2.05, 4.69) is 22.1 Å². The van der Waals surface area contributed by atoms with Crippen LogP contribution in [0.25, 0.3) is 5.69 Å². The van der Waals surface area contributed by atoms with Crippen molar-refractivity contribution in [2.24, 2.45) is 0 Å². The van der Waals surface area contributed by atoms with Gasteiger partial charge in [0.1, 0.15) is 5.69 Å². The van der Waals surface area contributed by atoms with Gasteiger partial charge < -0.3 is 14.8 Å². The Morgan fingerprint density at radius 2 is 2.15 bits per heavy atom. The number of hydrogen-bond acceptors (Lipinski definition) is 5. The Balaban J connectivity index is 1.70. The molecule has 1 fully saturated rings. The second kappa shape index (κ2) is 8.09. The molecule has 1 aliphatic rings. The number of nitro groups is 1. The van der Waals surface area contributed by atoms with Gasteiger partial charge in [-0.25, -0.2) is 4.98 Å². The monoisotopic (exact) mass is 357 g/mol. The number of hydrogen-bond donors (Lipinski definition) is 1. The highest BCUT2D eigenvalue weighted by Gasteiger charge is 2.23. The predicted molar refractivity (Wildman–Crippen MR) is 97.4 cm³/mol. The highest BCUT2D eigenvalue weighted by atomic mass is 16.6. The van der Waals surface area contributed by atoms with Gasteiger partial charge in [0.2, 0.25) is 0 Å². The van der Waals surface area contributed by atoms with Crippen LogP contribution in [0.5, 0.6) is 0 Å². The van der Waals surface area contributed by atoms with Gasteiger partial charge in [-0.3, -0.25) is 14.9 Å². The molecule has 8 nitrogen and oxygen atoms in total. The summed E-state index contributed by atoms with van der Waals surface area (Å²) in [7, 11) is 0. The van der Waals surface area contributed by atoms with Gasteiger partial charge in [-0.15, -0.1) is 0 Å². The van der Waals surface area contributed by atoms with E-state index in [-0.39, 0.29) is 17.6 Å². The molecule has 1 aromatic heterocycles. The summed E-state index contributed by atoms with van der Waals surface area (Å²) >= 11 is 0. The molecule has 0 spiro atoms. The average Bonchev–Trinajstić information content (AvgIpc) is 3.17. The topological polar surface area (TPSA) is 93.3 Å². The van der Waals surface area contributed by atoms with Crippen LogP contribution >= 0.6 is 0 Å². The largest absolute Gasteiger partial charge is 0.349 e. The number of rotatable bonds is 6. The van der Waals surface area contributed by atoms with Crippen LogP contribution in [0.1, 0.15) is 36.5 Å². The zero-order chi connectivity index (χ0) is 18.5. The van der Waals surface area contributed by atoms with Gasteiger partial charge in [-0.1, -0.05) is 6.92 Å². The number of benzene rings is 1. The van der Waals surface area contributed by atoms with Gasteiger partial charge in [-0.05, 0) is 37.9 Å². The summed E-state index contributed by atoms with van der Waals surface area (Å²) in [6, 6.07) is 4.64. The van der Waals surface area contributed by atoms with Gasteiger partial charge in [0.25, 0.3) is 11.6 Å². The lowest BCUT2D eigenvalue weighted by Gasteiger charge is -2.32. The Labute approximate surface area is 152 Å². The SMILES string of the molecule is CCCN1CCC(NC(=O)c2ccc(-n3ccnc3)c([N+](=O)[O-])c2)CC1. The third-order valence-corrected chi connectivity index (χ3v) is 4.68. The van der Waals surface area contributed by atoms with E-state index < -0.39 is 4.92 Å². The number of carbonyl (C=O) groups excluding carboxylic acids is 1. The predicted octanol–water partition coefficient (Wildman–Crippen LogP) is 2.38. The van der Waals surface area contributed by atoms with Crippen LogP contribution in [0.2, 0.25) is 0 Å². The Morgan fingerprint density at radius 1 is 1.38 bits per heavy atom. The van der Waals surface area contributed by atoms with E-state index in [1.54, 1.807) is 29.1 Å². The summed E-state index contributed by atoms with van der Waals surface area (Å²) in [4.78, 5) is 29.8. The second-order valence-corrected chi connectivity index (χ2v) is 6.52. The Kier molecular flexibility index (Phi) is 5.62. The molecular formula is C18H23N5O3. The van der Waals surface area contributed by atoms with E-state index in [0.29, 0.717) is 11.3 Å². The van der Waals surface area contributed by atoms with Crippen LogP contribution in [0.3, 0.4) is 0 Å². The number of nitro benzene ring substituents is 1. The summed E-state index contributed by atoms with van der Waals surface area (Å²) in [5, 5.41) is 14.4. The molecule has 3 rings (SSSR count). The van der Waals surface area contributed by atoms with E-state index in [4.69, 9.17) is 0 Å². The lowest BCUT2D eigenvalue weighted by molar-refractivity contribution is -0.384. The fourth-order valence-electron chi connectivity index (χ4n) is 3.32. The van der Waals surface area contributed by atoms with Crippen molar-refractivity contribution in [1.29, 1.82) is 0 Å². The number of amides is 1. The molecule has 0 radical (unpaired) electrons. The molecular weight excluding hydrogens is 334 g/mol. The first-order valence-corrected chi connectivity index (χ1v) is 8.88. The number of piperidine rings is 1. The minimum atomic E-state index is -0.477. The standard InChI is InChI=1S/C18H23N5O3/c1-2-8-21-9-5-15(6-10-21)20-18(24)14-3-4-16(17(12-14)23(25)26)22-11-7-19-13-22/h3-4,7,11-13,15H,2,5-6,8-10H2,1H3,(H,20,24). The minimum absolute atomic E-state index is 0.114. The van der Waals surface area contributed by atoms with E-state index in [0.717, 1.165) is 38.9 Å². The van der Waals surface area contributed by atoms with Gasteiger partial charge in [0, 0.05) is 43.2 Å². The average molecular weight is 357 g/mol. The zero-order valence-corrected chi connectivity index (χ0v) is 14.8. The molecule has 26 heavy (non-hydrogen) atoms. The number of imidazole rings is 1. The molecule has 1 saturated heterocycles. The van der Waals surface area contributed by atoms with Crippen LogP contribution in [-0.2, 0) is 0 Å². The van der Waals surface area contributed by atoms with Gasteiger partial charge in [0.05, 0.1) is 11.3 Å². The van der Waals surface area contributed by atoms with Crippen LogP contribution in [0.15, 0.2) is 36.9 Å². The highest BCUT2D eigenvalue weighted by molar-refractivity contribution is 5.95. The van der Waals surface area contributed by atoms with Gasteiger partial charge in [-0.2, -0.15) is 0 Å². The molecule has 1 aromatic carbocycles. The fraction of sp³-hybridized carbons (Fsp3) is 0.444. The maximum Gasteiger partial charge on any atom is 0.294 e. The number of carbonyl (C=O) groups is 1. The van der Waals surface area contributed by atoms with Gasteiger partial charge in [0.15, 0.2) is 0 Å². The second-order valence-electron chi connectivity index (χ2n) is 6.52. The first kappa shape index (κ1) is 18.1. The van der Waals surface area contributed by atoms with Crippen molar-refractivity contribution in [2.45, 2.75) is 32.2 Å². The number of aromatic nitrogens is 2. The third-order valence-electron chi connectivity index (χ3n) is 4.68. The summed E-state index contributed by atoms with van der Waals surface area (Å²) in [6.07, 6.45) is 7.61. The van der Waals surface area contributed by atoms with Crippen molar-refractivity contribution in [1.82, 2.24) is 19.8 Å². The Morgan fingerprint density at radius 3 is 2.77 bits per heavy atom. The molecule has 1 aliphatic heterocycles. The lowest BCUT2D eigenvalue weighted by Crippen LogP contribution is -2.44. The normalized spacial score (nSPS) is 15.7. The van der Waals surface area contributed by atoms with Crippen LogP contribution in [0, 0.1) is 10.1 Å². The maximum atomic E-state index is 12.5. The fourth-order valence-corrected chi connectivity index (χ4v) is 3.32. The molecule has 0 aliphatic carbocycles. The highest BCUT2D eigenvalue weighted by Crippen LogP contribution is 2.24. The quantitative estimate of drug-likeness (QED) is 0.633. The van der Waals surface area contributed by atoms with Crippen molar-refractivity contribution >= 4 is 11.6 Å². The van der Waals surface area contributed by atoms with Crippen molar-refractivity contribution < 1.29 is 9.72 Å². The molecule has 8 heteroatoms. The number of nitrogens with one attached hydrogen (secondary N) is 1. The van der Waals surface area contributed by atoms with Crippen molar-refractivity contribution in [3.8, 4) is 5.69 Å². The van der Waals surface area contributed by atoms with Crippen LogP contribution in [0.4, 0.5) is 5.69 Å². The van der Waals surface area contributed by atoms with Crippen molar-refractivity contribution in [3.63, 3.8) is 0 Å². The number of nitrogens with zero attached hydrogens (tertiary/aromatic N) is 4. The first-order valence-electron chi connectivity index (χ1n) is 8.88. The summed E-state index contributed by atoms with van der Waals surface area (Å²) in [5.41, 5.74) is 0.571. The molecule has 0 atom stereocenters. The van der Waals surface area contributed by atoms with E-state index in [1.165, 1.54) is 12.4 Å². The molecule has 2 heterocycles. The van der Waals surface area contributed by atoms with E-state index >= 15 is 0 Å². The molecule has 138 valence electrons. The van der Waals surface area contributed by atoms with Crippen LogP contribution in [-0.4, -0.2) is 51.0 Å². The molecule has 1 N–H and O–H groups in total. The zero-order valence-electron chi connectivity index (χ0n) is 14.8. The Bertz CT molecular complexity index is 767.